The predicted octanol–water partition coefficient (Wildman–Crippen LogP) is 3.59. The van der Waals surface area contributed by atoms with Gasteiger partial charge in [-0.15, -0.1) is 4.91 Å². The third-order valence-corrected chi connectivity index (χ3v) is 2.29. The molecule has 0 aromatic heterocycles. The molecule has 2 nitrogen and oxygen atoms in total. The average Bonchev–Trinajstić information content (AvgIpc) is 2.08. The van der Waals surface area contributed by atoms with Crippen molar-refractivity contribution < 1.29 is 4.39 Å². The molecule has 0 aliphatic heterocycles. The first-order chi connectivity index (χ1) is 5.65. The summed E-state index contributed by atoms with van der Waals surface area (Å²) in [6, 6.07) is 4.18. The van der Waals surface area contributed by atoms with Crippen LogP contribution in [0.25, 0.3) is 0 Å². The van der Waals surface area contributed by atoms with Crippen molar-refractivity contribution in [2.24, 2.45) is 5.18 Å². The highest BCUT2D eigenvalue weighted by Crippen LogP contribution is 2.25. The second-order valence-corrected chi connectivity index (χ2v) is 3.38. The smallest absolute Gasteiger partial charge is 0.190 e. The van der Waals surface area contributed by atoms with Crippen molar-refractivity contribution in [3.05, 3.63) is 39.0 Å². The molecular weight excluding hydrogens is 248 g/mol. The Morgan fingerprint density at radius 2 is 2.25 bits per heavy atom. The van der Waals surface area contributed by atoms with Gasteiger partial charge in [-0.05, 0) is 38.8 Å². The van der Waals surface area contributed by atoms with Crippen LogP contribution in [0.3, 0.4) is 0 Å². The van der Waals surface area contributed by atoms with Gasteiger partial charge in [0.05, 0.1) is 4.47 Å². The minimum Gasteiger partial charge on any atom is -0.206 e. The molecule has 0 radical (unpaired) electrons. The van der Waals surface area contributed by atoms with Crippen LogP contribution in [-0.4, -0.2) is 0 Å². The van der Waals surface area contributed by atoms with E-state index in [-0.39, 0.29) is 0 Å². The standard InChI is InChI=1S/C7H4BrClFNO/c8-5-2-1-4(3-6(5)10)7(9)11-12/h1-3,7H. The van der Waals surface area contributed by atoms with Gasteiger partial charge in [0.2, 0.25) is 0 Å². The van der Waals surface area contributed by atoms with Crippen LogP contribution < -0.4 is 0 Å². The molecule has 0 saturated carbocycles. The zero-order chi connectivity index (χ0) is 9.14. The van der Waals surface area contributed by atoms with Crippen molar-refractivity contribution >= 4 is 27.5 Å². The molecule has 0 spiro atoms. The Bertz CT molecular complexity index is 307. The molecule has 64 valence electrons. The fraction of sp³-hybridized carbons (Fsp3) is 0.143. The Morgan fingerprint density at radius 3 is 2.75 bits per heavy atom. The summed E-state index contributed by atoms with van der Waals surface area (Å²) >= 11 is 8.43. The maximum atomic E-state index is 12.8. The molecule has 1 rings (SSSR count). The molecule has 0 fully saturated rings. The number of nitrogens with zero attached hydrogens (tertiary/aromatic N) is 1. The van der Waals surface area contributed by atoms with Crippen LogP contribution >= 0.6 is 27.5 Å². The number of rotatable bonds is 2. The summed E-state index contributed by atoms with van der Waals surface area (Å²) in [7, 11) is 0. The first-order valence-electron chi connectivity index (χ1n) is 3.06. The van der Waals surface area contributed by atoms with Gasteiger partial charge >= 0.3 is 0 Å². The molecule has 1 unspecified atom stereocenters. The maximum Gasteiger partial charge on any atom is 0.190 e. The minimum absolute atomic E-state index is 0.334. The Balaban J connectivity index is 3.04. The van der Waals surface area contributed by atoms with E-state index in [1.165, 1.54) is 18.2 Å². The Morgan fingerprint density at radius 1 is 1.58 bits per heavy atom. The number of benzene rings is 1. The maximum absolute atomic E-state index is 12.8. The lowest BCUT2D eigenvalue weighted by Crippen LogP contribution is -1.87. The molecule has 0 heterocycles. The van der Waals surface area contributed by atoms with E-state index in [0.717, 1.165) is 0 Å². The third-order valence-electron chi connectivity index (χ3n) is 1.31. The predicted molar refractivity (Wildman–Crippen MR) is 48.5 cm³/mol. The van der Waals surface area contributed by atoms with E-state index in [4.69, 9.17) is 11.6 Å². The largest absolute Gasteiger partial charge is 0.206 e. The second-order valence-electron chi connectivity index (χ2n) is 2.11. The topological polar surface area (TPSA) is 29.4 Å². The number of halogens is 3. The lowest BCUT2D eigenvalue weighted by atomic mass is 10.2. The van der Waals surface area contributed by atoms with E-state index in [2.05, 4.69) is 21.1 Å². The lowest BCUT2D eigenvalue weighted by molar-refractivity contribution is 0.618. The van der Waals surface area contributed by atoms with Crippen LogP contribution in [0.1, 0.15) is 11.1 Å². The molecule has 1 aromatic carbocycles. The first kappa shape index (κ1) is 9.61. The quantitative estimate of drug-likeness (QED) is 0.449. The molecule has 0 bridgehead atoms. The lowest BCUT2D eigenvalue weighted by Gasteiger charge is -2.01. The van der Waals surface area contributed by atoms with E-state index in [1.54, 1.807) is 0 Å². The summed E-state index contributed by atoms with van der Waals surface area (Å²) in [5.74, 6) is -0.457. The Kier molecular flexibility index (Phi) is 3.17. The van der Waals surface area contributed by atoms with E-state index in [0.29, 0.717) is 10.0 Å². The summed E-state index contributed by atoms with van der Waals surface area (Å²) in [5.41, 5.74) is -0.667. The average molecular weight is 252 g/mol. The molecular formula is C7H4BrClFNO. The van der Waals surface area contributed by atoms with E-state index in [9.17, 15) is 9.30 Å². The fourth-order valence-electron chi connectivity index (χ4n) is 0.721. The van der Waals surface area contributed by atoms with Crippen molar-refractivity contribution in [2.75, 3.05) is 0 Å². The van der Waals surface area contributed by atoms with Crippen molar-refractivity contribution in [3.8, 4) is 0 Å². The third kappa shape index (κ3) is 2.01. The van der Waals surface area contributed by atoms with Crippen LogP contribution in [0.4, 0.5) is 4.39 Å². The van der Waals surface area contributed by atoms with Gasteiger partial charge in [-0.3, -0.25) is 0 Å². The van der Waals surface area contributed by atoms with Crippen LogP contribution in [-0.2, 0) is 0 Å². The second kappa shape index (κ2) is 3.96. The zero-order valence-electron chi connectivity index (χ0n) is 5.80. The highest BCUT2D eigenvalue weighted by atomic mass is 79.9. The van der Waals surface area contributed by atoms with Gasteiger partial charge in [0.1, 0.15) is 5.82 Å². The minimum atomic E-state index is -1.02. The number of hydrogen-bond acceptors (Lipinski definition) is 2. The molecule has 12 heavy (non-hydrogen) atoms. The van der Waals surface area contributed by atoms with Crippen molar-refractivity contribution in [1.82, 2.24) is 0 Å². The fourth-order valence-corrected chi connectivity index (χ4v) is 1.10. The molecule has 5 heteroatoms. The van der Waals surface area contributed by atoms with E-state index >= 15 is 0 Å². The van der Waals surface area contributed by atoms with Gasteiger partial charge in [0.15, 0.2) is 5.50 Å². The summed E-state index contributed by atoms with van der Waals surface area (Å²) in [6.45, 7) is 0. The van der Waals surface area contributed by atoms with Crippen LogP contribution in [0.2, 0.25) is 0 Å². The number of nitroso groups, excluding NO2 is 1. The molecule has 0 saturated heterocycles. The van der Waals surface area contributed by atoms with Crippen LogP contribution in [0.5, 0.6) is 0 Å². The molecule has 0 aliphatic rings. The van der Waals surface area contributed by atoms with E-state index < -0.39 is 11.3 Å². The normalized spacial score (nSPS) is 12.6. The van der Waals surface area contributed by atoms with E-state index in [1.807, 2.05) is 0 Å². The van der Waals surface area contributed by atoms with Gasteiger partial charge in [-0.1, -0.05) is 17.7 Å². The molecule has 0 N–H and O–H groups in total. The van der Waals surface area contributed by atoms with Crippen LogP contribution in [0, 0.1) is 10.7 Å². The summed E-state index contributed by atoms with van der Waals surface area (Å²) < 4.78 is 13.2. The molecule has 0 amide bonds. The summed E-state index contributed by atoms with van der Waals surface area (Å²) in [4.78, 5) is 9.99. The molecule has 0 aliphatic carbocycles. The monoisotopic (exact) mass is 251 g/mol. The van der Waals surface area contributed by atoms with Gasteiger partial charge in [-0.25, -0.2) is 4.39 Å². The van der Waals surface area contributed by atoms with Gasteiger partial charge in [-0.2, -0.15) is 0 Å². The van der Waals surface area contributed by atoms with Crippen molar-refractivity contribution in [3.63, 3.8) is 0 Å². The molecule has 1 atom stereocenters. The Hall–Kier alpha value is -0.480. The van der Waals surface area contributed by atoms with Crippen molar-refractivity contribution in [2.45, 2.75) is 5.50 Å². The van der Waals surface area contributed by atoms with Gasteiger partial charge in [0.25, 0.3) is 0 Å². The highest BCUT2D eigenvalue weighted by Gasteiger charge is 2.09. The molecule has 1 aromatic rings. The van der Waals surface area contributed by atoms with Crippen LogP contribution in [0.15, 0.2) is 27.8 Å². The zero-order valence-corrected chi connectivity index (χ0v) is 8.14. The Labute approximate surface area is 81.8 Å². The number of hydrogen-bond donors (Lipinski definition) is 0. The van der Waals surface area contributed by atoms with Crippen molar-refractivity contribution in [1.29, 1.82) is 0 Å². The number of alkyl halides is 1. The first-order valence-corrected chi connectivity index (χ1v) is 4.29. The van der Waals surface area contributed by atoms with Gasteiger partial charge < -0.3 is 0 Å². The highest BCUT2D eigenvalue weighted by molar-refractivity contribution is 9.10. The van der Waals surface area contributed by atoms with Gasteiger partial charge in [0, 0.05) is 0 Å². The summed E-state index contributed by atoms with van der Waals surface area (Å²) in [5, 5.41) is 2.56. The summed E-state index contributed by atoms with van der Waals surface area (Å²) in [6.07, 6.45) is 0. The SMILES string of the molecule is O=NC(Cl)c1ccc(Br)c(F)c1.